The number of hydrogen-bond acceptors (Lipinski definition) is 6. The van der Waals surface area contributed by atoms with Gasteiger partial charge in [-0.05, 0) is 31.5 Å². The van der Waals surface area contributed by atoms with Crippen molar-refractivity contribution in [2.75, 3.05) is 78.4 Å². The number of anilines is 1. The molecule has 3 amide bonds. The zero-order chi connectivity index (χ0) is 23.3. The van der Waals surface area contributed by atoms with Crippen LogP contribution in [0.2, 0.25) is 0 Å². The molecule has 1 aliphatic rings. The standard InChI is InChI=1S/C23H37N5O4/c1-4-19-8-5-6-9-20(19)25-22(30)17-27-11-13-28(14-12-27)23(31)18-26(2)16-21(29)24-10-7-15-32-3/h5-6,8-9H,4,7,10-18H2,1-3H3,(H,24,29)(H,25,30). The molecule has 2 rings (SSSR count). The van der Waals surface area contributed by atoms with Gasteiger partial charge in [-0.1, -0.05) is 25.1 Å². The van der Waals surface area contributed by atoms with Crippen LogP contribution < -0.4 is 10.6 Å². The number of nitrogens with zero attached hydrogens (tertiary/aromatic N) is 3. The van der Waals surface area contributed by atoms with Crippen LogP contribution in [-0.2, 0) is 25.5 Å². The maximum atomic E-state index is 12.6. The monoisotopic (exact) mass is 447 g/mol. The SMILES string of the molecule is CCc1ccccc1NC(=O)CN1CCN(C(=O)CN(C)CC(=O)NCCCOC)CC1. The Bertz CT molecular complexity index is 750. The van der Waals surface area contributed by atoms with Crippen molar-refractivity contribution in [2.24, 2.45) is 0 Å². The normalized spacial score (nSPS) is 14.4. The molecule has 0 atom stereocenters. The highest BCUT2D eigenvalue weighted by atomic mass is 16.5. The number of aryl methyl sites for hydroxylation is 1. The molecule has 1 heterocycles. The van der Waals surface area contributed by atoms with Crippen molar-refractivity contribution in [3.63, 3.8) is 0 Å². The fourth-order valence-corrected chi connectivity index (χ4v) is 3.63. The van der Waals surface area contributed by atoms with E-state index in [0.717, 1.165) is 24.1 Å². The number of piperazine rings is 1. The minimum atomic E-state index is -0.100. The van der Waals surface area contributed by atoms with Crippen LogP contribution in [0.1, 0.15) is 18.9 Å². The number of carbonyl (C=O) groups excluding carboxylic acids is 3. The van der Waals surface area contributed by atoms with Crippen LogP contribution in [0.5, 0.6) is 0 Å². The third-order valence-corrected chi connectivity index (χ3v) is 5.43. The summed E-state index contributed by atoms with van der Waals surface area (Å²) in [6.45, 7) is 6.37. The van der Waals surface area contributed by atoms with E-state index in [0.29, 0.717) is 45.9 Å². The van der Waals surface area contributed by atoms with Gasteiger partial charge in [0, 0.05) is 52.1 Å². The van der Waals surface area contributed by atoms with Gasteiger partial charge in [0.2, 0.25) is 17.7 Å². The molecule has 1 saturated heterocycles. The lowest BCUT2D eigenvalue weighted by Gasteiger charge is -2.35. The maximum absolute atomic E-state index is 12.6. The smallest absolute Gasteiger partial charge is 0.238 e. The number of methoxy groups -OCH3 is 1. The summed E-state index contributed by atoms with van der Waals surface area (Å²) in [4.78, 5) is 42.5. The number of nitrogens with one attached hydrogen (secondary N) is 2. The van der Waals surface area contributed by atoms with E-state index in [1.165, 1.54) is 0 Å². The van der Waals surface area contributed by atoms with Crippen LogP contribution in [0.3, 0.4) is 0 Å². The van der Waals surface area contributed by atoms with E-state index >= 15 is 0 Å². The average Bonchev–Trinajstić information content (AvgIpc) is 2.77. The Morgan fingerprint density at radius 2 is 1.78 bits per heavy atom. The number of rotatable bonds is 12. The second kappa shape index (κ2) is 13.8. The first-order valence-corrected chi connectivity index (χ1v) is 11.2. The van der Waals surface area contributed by atoms with Crippen molar-refractivity contribution in [1.82, 2.24) is 20.0 Å². The van der Waals surface area contributed by atoms with Gasteiger partial charge in [0.1, 0.15) is 0 Å². The number of para-hydroxylation sites is 1. The second-order valence-electron chi connectivity index (χ2n) is 8.08. The van der Waals surface area contributed by atoms with Gasteiger partial charge < -0.3 is 20.3 Å². The zero-order valence-electron chi connectivity index (χ0n) is 19.6. The molecule has 1 aliphatic heterocycles. The molecule has 0 saturated carbocycles. The van der Waals surface area contributed by atoms with Gasteiger partial charge in [0.05, 0.1) is 19.6 Å². The minimum Gasteiger partial charge on any atom is -0.385 e. The molecular formula is C23H37N5O4. The van der Waals surface area contributed by atoms with Crippen molar-refractivity contribution in [1.29, 1.82) is 0 Å². The molecule has 178 valence electrons. The van der Waals surface area contributed by atoms with Crippen molar-refractivity contribution in [2.45, 2.75) is 19.8 Å². The molecule has 1 aromatic rings. The molecule has 0 bridgehead atoms. The largest absolute Gasteiger partial charge is 0.385 e. The van der Waals surface area contributed by atoms with E-state index in [1.54, 1.807) is 24.0 Å². The van der Waals surface area contributed by atoms with E-state index in [4.69, 9.17) is 4.74 Å². The molecule has 2 N–H and O–H groups in total. The van der Waals surface area contributed by atoms with Crippen LogP contribution in [0.15, 0.2) is 24.3 Å². The Kier molecular flexibility index (Phi) is 11.1. The van der Waals surface area contributed by atoms with Crippen LogP contribution >= 0.6 is 0 Å². The predicted molar refractivity (Wildman–Crippen MR) is 124 cm³/mol. The minimum absolute atomic E-state index is 0.000609. The number of ether oxygens (including phenoxy) is 1. The summed E-state index contributed by atoms with van der Waals surface area (Å²) in [6.07, 6.45) is 1.62. The van der Waals surface area contributed by atoms with E-state index in [9.17, 15) is 14.4 Å². The Morgan fingerprint density at radius 3 is 2.47 bits per heavy atom. The van der Waals surface area contributed by atoms with Gasteiger partial charge in [0.25, 0.3) is 0 Å². The Balaban J connectivity index is 1.67. The lowest BCUT2D eigenvalue weighted by atomic mass is 10.1. The maximum Gasteiger partial charge on any atom is 0.238 e. The van der Waals surface area contributed by atoms with Gasteiger partial charge in [-0.2, -0.15) is 0 Å². The van der Waals surface area contributed by atoms with Crippen LogP contribution in [0.25, 0.3) is 0 Å². The van der Waals surface area contributed by atoms with E-state index in [1.807, 2.05) is 24.3 Å². The summed E-state index contributed by atoms with van der Waals surface area (Å²) in [5.74, 6) is -0.139. The van der Waals surface area contributed by atoms with E-state index < -0.39 is 0 Å². The topological polar surface area (TPSA) is 94.2 Å². The van der Waals surface area contributed by atoms with Crippen LogP contribution in [-0.4, -0.2) is 106 Å². The predicted octanol–water partition coefficient (Wildman–Crippen LogP) is 0.416. The highest BCUT2D eigenvalue weighted by Crippen LogP contribution is 2.15. The summed E-state index contributed by atoms with van der Waals surface area (Å²) in [5.41, 5.74) is 1.98. The summed E-state index contributed by atoms with van der Waals surface area (Å²) in [7, 11) is 3.39. The summed E-state index contributed by atoms with van der Waals surface area (Å²) in [6, 6.07) is 7.82. The first kappa shape index (κ1) is 25.8. The van der Waals surface area contributed by atoms with Crippen molar-refractivity contribution in [3.8, 4) is 0 Å². The lowest BCUT2D eigenvalue weighted by Crippen LogP contribution is -2.52. The molecule has 0 unspecified atom stereocenters. The molecule has 1 aromatic carbocycles. The van der Waals surface area contributed by atoms with Crippen LogP contribution in [0, 0.1) is 0 Å². The molecule has 0 aliphatic carbocycles. The quantitative estimate of drug-likeness (QED) is 0.451. The molecule has 1 fully saturated rings. The van der Waals surface area contributed by atoms with Gasteiger partial charge in [0.15, 0.2) is 0 Å². The van der Waals surface area contributed by atoms with Gasteiger partial charge >= 0.3 is 0 Å². The summed E-state index contributed by atoms with van der Waals surface area (Å²) in [5, 5.41) is 5.82. The number of carbonyl (C=O) groups is 3. The first-order chi connectivity index (χ1) is 15.4. The van der Waals surface area contributed by atoms with E-state index in [-0.39, 0.29) is 30.8 Å². The molecule has 0 spiro atoms. The highest BCUT2D eigenvalue weighted by molar-refractivity contribution is 5.93. The Morgan fingerprint density at radius 1 is 1.06 bits per heavy atom. The Labute approximate surface area is 191 Å². The molecule has 9 nitrogen and oxygen atoms in total. The fourth-order valence-electron chi connectivity index (χ4n) is 3.63. The lowest BCUT2D eigenvalue weighted by molar-refractivity contribution is -0.134. The molecule has 32 heavy (non-hydrogen) atoms. The number of likely N-dealkylation sites (N-methyl/N-ethyl adjacent to an activating group) is 1. The Hall–Kier alpha value is -2.49. The van der Waals surface area contributed by atoms with E-state index in [2.05, 4.69) is 22.5 Å². The van der Waals surface area contributed by atoms with Crippen molar-refractivity contribution >= 4 is 23.4 Å². The van der Waals surface area contributed by atoms with Gasteiger partial charge in [-0.15, -0.1) is 0 Å². The first-order valence-electron chi connectivity index (χ1n) is 11.2. The third kappa shape index (κ3) is 8.94. The van der Waals surface area contributed by atoms with Gasteiger partial charge in [-0.3, -0.25) is 24.2 Å². The summed E-state index contributed by atoms with van der Waals surface area (Å²) < 4.78 is 4.95. The number of amides is 3. The third-order valence-electron chi connectivity index (χ3n) is 5.43. The van der Waals surface area contributed by atoms with Gasteiger partial charge in [-0.25, -0.2) is 0 Å². The molecule has 9 heteroatoms. The number of benzene rings is 1. The van der Waals surface area contributed by atoms with Crippen molar-refractivity contribution < 1.29 is 19.1 Å². The number of hydrogen-bond donors (Lipinski definition) is 2. The zero-order valence-corrected chi connectivity index (χ0v) is 19.6. The summed E-state index contributed by atoms with van der Waals surface area (Å²) >= 11 is 0. The highest BCUT2D eigenvalue weighted by Gasteiger charge is 2.23. The fraction of sp³-hybridized carbons (Fsp3) is 0.609. The molecule has 0 radical (unpaired) electrons. The second-order valence-corrected chi connectivity index (χ2v) is 8.08. The van der Waals surface area contributed by atoms with Crippen molar-refractivity contribution in [3.05, 3.63) is 29.8 Å². The molecule has 0 aromatic heterocycles. The average molecular weight is 448 g/mol. The van der Waals surface area contributed by atoms with Crippen LogP contribution in [0.4, 0.5) is 5.69 Å². The molecular weight excluding hydrogens is 410 g/mol.